The number of aryl methyl sites for hydroxylation is 1. The molecule has 0 aliphatic carbocycles. The van der Waals surface area contributed by atoms with Crippen LogP contribution in [0.2, 0.25) is 0 Å². The molecule has 5 heterocycles. The standard InChI is InChI=1S/C55H88N4O18/c1-16-40-55(10,67)48-44(72-34(7)73-48)29(2)26-53(8,66)46(76-51-43(61)39(57(11)12)24-30(3)70-51)31(4)45(32(5)50(64)74-40)75-41-27-54(9,68-15)47(33(6)71-41)77-52(65)56-21-23-69-22-17-18-35-19-20-38-36(25-35)42(60)37(49(62)63)28-59(38)58(13)14/h19-20,25,28-34,39-41,43-48,51,61,66-67H,16-18,21-24,26-27H2,1-15H3,(H,56,65)(H,62,63)/t29-,30-,31+,32-,33+,34+,39+,40-,41+,43-,44+,45+,46-,47+,48-,51+,53-,54-,55-/m1/s1. The van der Waals surface area contributed by atoms with E-state index in [1.54, 1.807) is 91.3 Å². The number of carboxylic acid groups (broad SMARTS) is 1. The Kier molecular flexibility index (Phi) is 20.7. The highest BCUT2D eigenvalue weighted by Crippen LogP contribution is 2.44. The first-order valence-electron chi connectivity index (χ1n) is 27.1. The fraction of sp³-hybridized carbons (Fsp3) is 0.782. The zero-order chi connectivity index (χ0) is 57.1. The first-order chi connectivity index (χ1) is 36.0. The molecule has 0 unspecified atom stereocenters. The lowest BCUT2D eigenvalue weighted by molar-refractivity contribution is -0.317. The largest absolute Gasteiger partial charge is 0.477 e. The third kappa shape index (κ3) is 14.1. The molecular weight excluding hydrogens is 1000 g/mol. The third-order valence-electron chi connectivity index (χ3n) is 16.1. The first-order valence-corrected chi connectivity index (χ1v) is 27.1. The van der Waals surface area contributed by atoms with Gasteiger partial charge in [-0.05, 0) is 118 Å². The Balaban J connectivity index is 1.14. The van der Waals surface area contributed by atoms with Crippen LogP contribution in [0.5, 0.6) is 0 Å². The summed E-state index contributed by atoms with van der Waals surface area (Å²) in [5.41, 5.74) is -4.05. The number of hydrogen-bond donors (Lipinski definition) is 5. The number of ether oxygens (including phenoxy) is 10. The van der Waals surface area contributed by atoms with Crippen molar-refractivity contribution in [2.75, 3.05) is 60.1 Å². The van der Waals surface area contributed by atoms with Gasteiger partial charge in [-0.15, -0.1) is 0 Å². The van der Waals surface area contributed by atoms with Crippen LogP contribution in [-0.4, -0.2) is 200 Å². The van der Waals surface area contributed by atoms with E-state index in [1.807, 2.05) is 38.9 Å². The first kappa shape index (κ1) is 62.2. The van der Waals surface area contributed by atoms with Crippen LogP contribution in [0, 0.1) is 17.8 Å². The highest BCUT2D eigenvalue weighted by atomic mass is 16.7. The number of pyridine rings is 1. The zero-order valence-corrected chi connectivity index (χ0v) is 47.8. The molecule has 22 nitrogen and oxygen atoms in total. The molecule has 436 valence electrons. The molecule has 1 aromatic carbocycles. The number of aromatic nitrogens is 1. The van der Waals surface area contributed by atoms with Crippen molar-refractivity contribution < 1.29 is 82.2 Å². The Labute approximate surface area is 452 Å². The minimum absolute atomic E-state index is 0.0253. The summed E-state index contributed by atoms with van der Waals surface area (Å²) < 4.78 is 64.6. The Bertz CT molecular complexity index is 2380. The van der Waals surface area contributed by atoms with Crippen LogP contribution in [0.25, 0.3) is 10.9 Å². The van der Waals surface area contributed by atoms with Crippen molar-refractivity contribution in [3.63, 3.8) is 0 Å². The SMILES string of the molecule is CC[C@H]1OC(=O)[C@H](C)[C@@H](O[C@H]2C[C@@](C)(OC)[C@@H](OC(=O)NCCOCCCc3ccc4c(c3)c(=O)c(C(=O)O)cn4N(C)C)[C@H](C)O2)[C@H](C)[C@@H](O[C@@H]2O[C@H](C)C[C@H](N(C)C)[C@H]2O)[C@](C)(O)C[C@@H](C)[C@@H]2O[C@H](C)O[C@H]2[C@]1(C)O. The van der Waals surface area contributed by atoms with Gasteiger partial charge in [-0.3, -0.25) is 14.3 Å². The van der Waals surface area contributed by atoms with E-state index in [1.165, 1.54) is 13.3 Å². The Morgan fingerprint density at radius 2 is 1.62 bits per heavy atom. The normalized spacial score (nSPS) is 38.2. The predicted octanol–water partition coefficient (Wildman–Crippen LogP) is 3.94. The van der Waals surface area contributed by atoms with Crippen molar-refractivity contribution in [3.05, 3.63) is 45.7 Å². The fourth-order valence-corrected chi connectivity index (χ4v) is 11.9. The smallest absolute Gasteiger partial charge is 0.407 e. The monoisotopic (exact) mass is 1090 g/mol. The second kappa shape index (κ2) is 25.6. The van der Waals surface area contributed by atoms with Crippen LogP contribution in [0.1, 0.15) is 117 Å². The highest BCUT2D eigenvalue weighted by Gasteiger charge is 2.57. The van der Waals surface area contributed by atoms with E-state index in [9.17, 15) is 39.6 Å². The number of amides is 1. The molecule has 4 aliphatic rings. The molecule has 0 radical (unpaired) electrons. The van der Waals surface area contributed by atoms with E-state index in [0.717, 1.165) is 5.56 Å². The van der Waals surface area contributed by atoms with Crippen molar-refractivity contribution in [2.24, 2.45) is 17.8 Å². The number of esters is 1. The van der Waals surface area contributed by atoms with E-state index in [-0.39, 0.29) is 50.1 Å². The molecule has 0 bridgehead atoms. The quantitative estimate of drug-likeness (QED) is 0.111. The number of aliphatic hydroxyl groups is 3. The second-order valence-electron chi connectivity index (χ2n) is 22.9. The summed E-state index contributed by atoms with van der Waals surface area (Å²) in [6, 6.07) is 5.06. The molecule has 0 saturated carbocycles. The molecule has 1 amide bonds. The molecule has 22 heteroatoms. The number of benzene rings is 1. The van der Waals surface area contributed by atoms with Crippen LogP contribution in [0.4, 0.5) is 4.79 Å². The maximum absolute atomic E-state index is 14.6. The second-order valence-corrected chi connectivity index (χ2v) is 22.9. The third-order valence-corrected chi connectivity index (χ3v) is 16.1. The maximum atomic E-state index is 14.6. The van der Waals surface area contributed by atoms with Crippen molar-refractivity contribution in [1.82, 2.24) is 14.9 Å². The zero-order valence-electron chi connectivity index (χ0n) is 47.8. The number of aromatic carboxylic acids is 1. The van der Waals surface area contributed by atoms with Gasteiger partial charge in [0.25, 0.3) is 0 Å². The van der Waals surface area contributed by atoms with E-state index < -0.39 is 126 Å². The summed E-state index contributed by atoms with van der Waals surface area (Å²) in [6.45, 7) is 18.1. The van der Waals surface area contributed by atoms with Crippen molar-refractivity contribution in [2.45, 2.75) is 204 Å². The van der Waals surface area contributed by atoms with Crippen molar-refractivity contribution >= 4 is 28.9 Å². The topological polar surface area (TPSA) is 265 Å². The Hall–Kier alpha value is -4.04. The summed E-state index contributed by atoms with van der Waals surface area (Å²) in [6.07, 6.45) is -8.48. The van der Waals surface area contributed by atoms with Gasteiger partial charge < -0.3 is 83.0 Å². The van der Waals surface area contributed by atoms with Crippen LogP contribution in [0.3, 0.4) is 0 Å². The van der Waals surface area contributed by atoms with Gasteiger partial charge in [0.1, 0.15) is 35.1 Å². The molecule has 77 heavy (non-hydrogen) atoms. The number of fused-ring (bicyclic) bond motifs is 2. The Morgan fingerprint density at radius 3 is 2.26 bits per heavy atom. The molecule has 4 aliphatic heterocycles. The number of carboxylic acids is 1. The van der Waals surface area contributed by atoms with Gasteiger partial charge in [0.05, 0.1) is 54.2 Å². The maximum Gasteiger partial charge on any atom is 0.407 e. The van der Waals surface area contributed by atoms with Gasteiger partial charge in [-0.1, -0.05) is 26.8 Å². The number of aliphatic hydroxyl groups excluding tert-OH is 1. The number of nitrogens with zero attached hydrogens (tertiary/aromatic N) is 3. The number of rotatable bonds is 17. The molecule has 0 spiro atoms. The lowest BCUT2D eigenvalue weighted by Gasteiger charge is -2.49. The summed E-state index contributed by atoms with van der Waals surface area (Å²) in [7, 11) is 8.73. The number of cyclic esters (lactones) is 1. The lowest BCUT2D eigenvalue weighted by Crippen LogP contribution is -2.61. The lowest BCUT2D eigenvalue weighted by atomic mass is 9.75. The molecule has 5 N–H and O–H groups in total. The summed E-state index contributed by atoms with van der Waals surface area (Å²) in [5, 5.41) is 51.2. The minimum atomic E-state index is -1.72. The average molecular weight is 1090 g/mol. The summed E-state index contributed by atoms with van der Waals surface area (Å²) in [4.78, 5) is 54.6. The van der Waals surface area contributed by atoms with Crippen LogP contribution >= 0.6 is 0 Å². The van der Waals surface area contributed by atoms with Gasteiger partial charge in [-0.2, -0.15) is 0 Å². The van der Waals surface area contributed by atoms with E-state index in [0.29, 0.717) is 36.8 Å². The van der Waals surface area contributed by atoms with Crippen LogP contribution in [-0.2, 0) is 58.6 Å². The number of carbonyl (C=O) groups excluding carboxylic acids is 2. The Morgan fingerprint density at radius 1 is 0.922 bits per heavy atom. The fourth-order valence-electron chi connectivity index (χ4n) is 11.9. The molecule has 4 saturated heterocycles. The highest BCUT2D eigenvalue weighted by molar-refractivity contribution is 5.92. The summed E-state index contributed by atoms with van der Waals surface area (Å²) >= 11 is 0. The minimum Gasteiger partial charge on any atom is -0.477 e. The number of nitrogens with one attached hydrogen (secondary N) is 1. The van der Waals surface area contributed by atoms with Gasteiger partial charge in [0.15, 0.2) is 25.0 Å². The van der Waals surface area contributed by atoms with Gasteiger partial charge in [-0.25, -0.2) is 9.59 Å². The molecule has 4 fully saturated rings. The molecule has 2 aromatic rings. The van der Waals surface area contributed by atoms with E-state index >= 15 is 0 Å². The van der Waals surface area contributed by atoms with Crippen molar-refractivity contribution in [3.8, 4) is 0 Å². The molecule has 19 atom stereocenters. The van der Waals surface area contributed by atoms with E-state index in [4.69, 9.17) is 47.4 Å². The molecular formula is C55H88N4O18. The van der Waals surface area contributed by atoms with Crippen LogP contribution < -0.4 is 15.8 Å². The van der Waals surface area contributed by atoms with Gasteiger partial charge >= 0.3 is 18.0 Å². The number of hydrogen-bond acceptors (Lipinski definition) is 19. The van der Waals surface area contributed by atoms with E-state index in [2.05, 4.69) is 5.32 Å². The van der Waals surface area contributed by atoms with Gasteiger partial charge in [0, 0.05) is 64.3 Å². The number of methoxy groups -OCH3 is 1. The number of carbonyl (C=O) groups is 3. The van der Waals surface area contributed by atoms with Gasteiger partial charge in [0.2, 0.25) is 5.43 Å². The molecule has 6 rings (SSSR count). The number of alkyl carbamates (subject to hydrolysis) is 1. The number of likely N-dealkylation sites (N-methyl/N-ethyl adjacent to an activating group) is 1. The van der Waals surface area contributed by atoms with Crippen LogP contribution in [0.15, 0.2) is 29.2 Å². The molecule has 1 aromatic heterocycles. The van der Waals surface area contributed by atoms with Crippen molar-refractivity contribution in [1.29, 1.82) is 0 Å². The summed E-state index contributed by atoms with van der Waals surface area (Å²) in [5.74, 6) is -4.36. The average Bonchev–Trinajstić information content (AvgIpc) is 3.81. The predicted molar refractivity (Wildman–Crippen MR) is 282 cm³/mol.